The van der Waals surface area contributed by atoms with Crippen molar-refractivity contribution in [2.45, 2.75) is 43.9 Å². The molecule has 3 amide bonds. The van der Waals surface area contributed by atoms with E-state index in [1.54, 1.807) is 24.3 Å². The number of hydrogen-bond donors (Lipinski definition) is 2. The number of hydrogen-bond acceptors (Lipinski definition) is 5. The van der Waals surface area contributed by atoms with Gasteiger partial charge in [-0.1, -0.05) is 116 Å². The largest absolute Gasteiger partial charge is 0.449 e. The van der Waals surface area contributed by atoms with Gasteiger partial charge in [-0.25, -0.2) is 9.59 Å². The molecule has 274 valence electrons. The molecule has 5 aromatic rings. The summed E-state index contributed by atoms with van der Waals surface area (Å²) in [5.74, 6) is 0.544. The van der Waals surface area contributed by atoms with Gasteiger partial charge < -0.3 is 19.7 Å². The number of likely N-dealkylation sites (tertiary alicyclic amines) is 1. The van der Waals surface area contributed by atoms with Crippen LogP contribution in [0.25, 0.3) is 22.3 Å². The molecular formula is C46H45N3O5. The number of amides is 3. The molecule has 8 nitrogen and oxygen atoms in total. The lowest BCUT2D eigenvalue weighted by atomic mass is 9.91. The van der Waals surface area contributed by atoms with Crippen LogP contribution in [0.2, 0.25) is 0 Å². The summed E-state index contributed by atoms with van der Waals surface area (Å²) in [4.78, 5) is 40.7. The second kappa shape index (κ2) is 16.0. The Bertz CT molecular complexity index is 2070. The number of unbranched alkanes of at least 4 members (excludes halogenated alkanes) is 1. The van der Waals surface area contributed by atoms with E-state index in [2.05, 4.69) is 59.2 Å². The third-order valence-corrected chi connectivity index (χ3v) is 11.3. The van der Waals surface area contributed by atoms with Gasteiger partial charge in [-0.15, -0.1) is 0 Å². The van der Waals surface area contributed by atoms with Crippen LogP contribution in [0.4, 0.5) is 15.3 Å². The topological polar surface area (TPSA) is 97.0 Å². The lowest BCUT2D eigenvalue weighted by Crippen LogP contribution is -2.38. The van der Waals surface area contributed by atoms with Crippen LogP contribution in [0, 0.1) is 5.92 Å². The van der Waals surface area contributed by atoms with Gasteiger partial charge in [0.15, 0.2) is 0 Å². The van der Waals surface area contributed by atoms with Gasteiger partial charge in [0.25, 0.3) is 5.91 Å². The fourth-order valence-electron chi connectivity index (χ4n) is 8.49. The summed E-state index contributed by atoms with van der Waals surface area (Å²) in [5, 5.41) is 5.75. The Morgan fingerprint density at radius 1 is 0.593 bits per heavy atom. The van der Waals surface area contributed by atoms with Gasteiger partial charge in [-0.2, -0.15) is 0 Å². The molecule has 8 rings (SSSR count). The Labute approximate surface area is 316 Å². The van der Waals surface area contributed by atoms with Crippen molar-refractivity contribution < 1.29 is 23.9 Å². The third kappa shape index (κ3) is 7.47. The minimum absolute atomic E-state index is 0.0232. The highest BCUT2D eigenvalue weighted by Crippen LogP contribution is 2.45. The Kier molecular flexibility index (Phi) is 10.4. The smallest absolute Gasteiger partial charge is 0.411 e. The van der Waals surface area contributed by atoms with Gasteiger partial charge in [0, 0.05) is 42.7 Å². The summed E-state index contributed by atoms with van der Waals surface area (Å²) in [6, 6.07) is 40.2. The van der Waals surface area contributed by atoms with E-state index in [0.29, 0.717) is 43.4 Å². The summed E-state index contributed by atoms with van der Waals surface area (Å²) < 4.78 is 11.4. The molecule has 5 aromatic carbocycles. The second-order valence-corrected chi connectivity index (χ2v) is 14.5. The van der Waals surface area contributed by atoms with Crippen LogP contribution in [0.3, 0.4) is 0 Å². The molecule has 0 saturated carbocycles. The number of nitrogens with zero attached hydrogens (tertiary/aromatic N) is 1. The van der Waals surface area contributed by atoms with Crippen molar-refractivity contribution in [3.63, 3.8) is 0 Å². The SMILES string of the molecule is O=C(NCCCCC1CCN(C(=O)c2cccc(NC(=O)OCC3c4ccccc4-c4ccccc43)c2)CC1)OCC1c2ccccc2-c2ccccc21. The minimum atomic E-state index is -0.546. The highest BCUT2D eigenvalue weighted by atomic mass is 16.6. The minimum Gasteiger partial charge on any atom is -0.449 e. The normalized spacial score (nSPS) is 14.8. The van der Waals surface area contributed by atoms with Crippen molar-refractivity contribution in [3.05, 3.63) is 149 Å². The molecule has 1 saturated heterocycles. The van der Waals surface area contributed by atoms with E-state index in [4.69, 9.17) is 9.47 Å². The van der Waals surface area contributed by atoms with Crippen LogP contribution >= 0.6 is 0 Å². The van der Waals surface area contributed by atoms with Crippen LogP contribution in [-0.4, -0.2) is 55.8 Å². The molecule has 0 atom stereocenters. The number of carbonyl (C=O) groups excluding carboxylic acids is 3. The van der Waals surface area contributed by atoms with Crippen molar-refractivity contribution in [1.29, 1.82) is 0 Å². The van der Waals surface area contributed by atoms with E-state index in [0.717, 1.165) is 43.2 Å². The third-order valence-electron chi connectivity index (χ3n) is 11.3. The van der Waals surface area contributed by atoms with Gasteiger partial charge in [-0.3, -0.25) is 10.1 Å². The van der Waals surface area contributed by atoms with Crippen molar-refractivity contribution in [3.8, 4) is 22.3 Å². The summed E-state index contributed by atoms with van der Waals surface area (Å²) >= 11 is 0. The Hall–Kier alpha value is -5.89. The molecule has 1 fully saturated rings. The quantitative estimate of drug-likeness (QED) is 0.133. The van der Waals surface area contributed by atoms with Crippen LogP contribution in [-0.2, 0) is 9.47 Å². The second-order valence-electron chi connectivity index (χ2n) is 14.5. The molecule has 0 unspecified atom stereocenters. The average molecular weight is 720 g/mol. The Balaban J connectivity index is 0.735. The van der Waals surface area contributed by atoms with E-state index in [1.165, 1.54) is 33.4 Å². The van der Waals surface area contributed by atoms with E-state index >= 15 is 0 Å². The highest BCUT2D eigenvalue weighted by Gasteiger charge is 2.30. The number of carbonyl (C=O) groups is 3. The molecule has 0 spiro atoms. The number of anilines is 1. The zero-order chi connectivity index (χ0) is 36.9. The molecule has 0 radical (unpaired) electrons. The number of fused-ring (bicyclic) bond motifs is 6. The number of piperidine rings is 1. The van der Waals surface area contributed by atoms with Crippen LogP contribution in [0.15, 0.2) is 121 Å². The molecule has 1 aliphatic heterocycles. The fourth-order valence-corrected chi connectivity index (χ4v) is 8.49. The zero-order valence-corrected chi connectivity index (χ0v) is 30.3. The van der Waals surface area contributed by atoms with Gasteiger partial charge in [0.1, 0.15) is 13.2 Å². The lowest BCUT2D eigenvalue weighted by molar-refractivity contribution is 0.0685. The average Bonchev–Trinajstić information content (AvgIpc) is 3.71. The summed E-state index contributed by atoms with van der Waals surface area (Å²) in [7, 11) is 0. The van der Waals surface area contributed by atoms with E-state index in [9.17, 15) is 14.4 Å². The Morgan fingerprint density at radius 2 is 1.09 bits per heavy atom. The predicted octanol–water partition coefficient (Wildman–Crippen LogP) is 9.61. The fraction of sp³-hybridized carbons (Fsp3) is 0.283. The van der Waals surface area contributed by atoms with Crippen molar-refractivity contribution in [2.75, 3.05) is 38.2 Å². The molecule has 8 heteroatoms. The number of alkyl carbamates (subject to hydrolysis) is 1. The maximum atomic E-state index is 13.4. The standard InChI is InChI=1S/C46H45N3O5/c50-44(32-13-11-14-33(28-32)48-46(52)54-30-43-40-21-7-3-17-36(40)37-18-4-8-22-41(37)43)49-26-23-31(24-27-49)12-9-10-25-47-45(51)53-29-42-38-19-5-1-15-34(38)35-16-2-6-20-39(35)42/h1-8,11,13-22,28,31,42-43H,9-10,12,23-27,29-30H2,(H,47,51)(H,48,52). The predicted molar refractivity (Wildman–Crippen MR) is 211 cm³/mol. The van der Waals surface area contributed by atoms with E-state index in [-0.39, 0.29) is 30.4 Å². The first kappa shape index (κ1) is 35.2. The molecule has 0 aromatic heterocycles. The van der Waals surface area contributed by atoms with Gasteiger partial charge in [0.2, 0.25) is 0 Å². The van der Waals surface area contributed by atoms with E-state index < -0.39 is 6.09 Å². The monoisotopic (exact) mass is 719 g/mol. The number of ether oxygens (including phenoxy) is 2. The zero-order valence-electron chi connectivity index (χ0n) is 30.3. The molecule has 54 heavy (non-hydrogen) atoms. The molecule has 2 N–H and O–H groups in total. The molecule has 0 bridgehead atoms. The van der Waals surface area contributed by atoms with Crippen molar-refractivity contribution in [2.24, 2.45) is 5.92 Å². The Morgan fingerprint density at radius 3 is 1.63 bits per heavy atom. The molecule has 1 heterocycles. The highest BCUT2D eigenvalue weighted by molar-refractivity contribution is 5.96. The number of benzene rings is 5. The summed E-state index contributed by atoms with van der Waals surface area (Å²) in [5.41, 5.74) is 10.6. The van der Waals surface area contributed by atoms with Gasteiger partial charge >= 0.3 is 12.2 Å². The molecule has 2 aliphatic carbocycles. The van der Waals surface area contributed by atoms with E-state index in [1.807, 2.05) is 53.4 Å². The molecular weight excluding hydrogens is 675 g/mol. The number of nitrogens with one attached hydrogen (secondary N) is 2. The molecule has 3 aliphatic rings. The summed E-state index contributed by atoms with van der Waals surface area (Å²) in [6.07, 6.45) is 3.93. The number of rotatable bonds is 11. The van der Waals surface area contributed by atoms with Crippen molar-refractivity contribution in [1.82, 2.24) is 10.2 Å². The summed E-state index contributed by atoms with van der Waals surface area (Å²) in [6.45, 7) is 2.52. The first-order chi connectivity index (χ1) is 26.5. The van der Waals surface area contributed by atoms with Gasteiger partial charge in [-0.05, 0) is 87.9 Å². The maximum absolute atomic E-state index is 13.4. The van der Waals surface area contributed by atoms with Gasteiger partial charge in [0.05, 0.1) is 0 Å². The van der Waals surface area contributed by atoms with Crippen LogP contribution in [0.5, 0.6) is 0 Å². The maximum Gasteiger partial charge on any atom is 0.411 e. The lowest BCUT2D eigenvalue weighted by Gasteiger charge is -2.32. The van der Waals surface area contributed by atoms with Crippen LogP contribution < -0.4 is 10.6 Å². The van der Waals surface area contributed by atoms with Crippen molar-refractivity contribution >= 4 is 23.8 Å². The van der Waals surface area contributed by atoms with Crippen LogP contribution in [0.1, 0.15) is 76.6 Å². The first-order valence-electron chi connectivity index (χ1n) is 19.1. The first-order valence-corrected chi connectivity index (χ1v) is 19.1.